The lowest BCUT2D eigenvalue weighted by molar-refractivity contribution is -0.141. The highest BCUT2D eigenvalue weighted by Gasteiger charge is 2.31. The van der Waals surface area contributed by atoms with Gasteiger partial charge in [-0.1, -0.05) is 0 Å². The Bertz CT molecular complexity index is 654. The number of carbonyl (C=O) groups excluding carboxylic acids is 1. The number of carboxylic acid groups (broad SMARTS) is 1. The van der Waals surface area contributed by atoms with Gasteiger partial charge in [0, 0.05) is 6.04 Å². The minimum atomic E-state index is -0.794. The lowest BCUT2D eigenvalue weighted by Gasteiger charge is -2.12. The molecule has 110 valence electrons. The summed E-state index contributed by atoms with van der Waals surface area (Å²) in [5, 5.41) is 24.5. The quantitative estimate of drug-likeness (QED) is 0.860. The summed E-state index contributed by atoms with van der Waals surface area (Å²) in [7, 11) is 0. The first-order valence-corrected chi connectivity index (χ1v) is 7.37. The summed E-state index contributed by atoms with van der Waals surface area (Å²) >= 11 is 1.30. The van der Waals surface area contributed by atoms with E-state index >= 15 is 0 Å². The number of aliphatic carboxylic acids is 1. The van der Waals surface area contributed by atoms with Crippen molar-refractivity contribution in [2.24, 2.45) is 5.92 Å². The van der Waals surface area contributed by atoms with Crippen LogP contribution in [0.1, 0.15) is 28.9 Å². The van der Waals surface area contributed by atoms with Gasteiger partial charge in [-0.3, -0.25) is 9.59 Å². The van der Waals surface area contributed by atoms with Crippen molar-refractivity contribution >= 4 is 23.2 Å². The van der Waals surface area contributed by atoms with E-state index in [4.69, 9.17) is 5.11 Å². The van der Waals surface area contributed by atoms with Gasteiger partial charge in [0.05, 0.1) is 11.6 Å². The summed E-state index contributed by atoms with van der Waals surface area (Å²) < 4.78 is 1.43. The van der Waals surface area contributed by atoms with Gasteiger partial charge < -0.3 is 10.4 Å². The van der Waals surface area contributed by atoms with Crippen LogP contribution >= 0.6 is 11.3 Å². The van der Waals surface area contributed by atoms with Gasteiger partial charge in [0.25, 0.3) is 5.91 Å². The van der Waals surface area contributed by atoms with Gasteiger partial charge in [0.1, 0.15) is 11.2 Å². The van der Waals surface area contributed by atoms with Crippen LogP contribution in [0.15, 0.2) is 17.8 Å². The minimum Gasteiger partial charge on any atom is -0.481 e. The van der Waals surface area contributed by atoms with Crippen LogP contribution in [0, 0.1) is 5.92 Å². The molecule has 0 bridgehead atoms. The molecule has 2 aromatic heterocycles. The summed E-state index contributed by atoms with van der Waals surface area (Å²) in [6.07, 6.45) is 3.19. The Hall–Kier alpha value is -2.29. The fourth-order valence-corrected chi connectivity index (χ4v) is 3.29. The third-order valence-electron chi connectivity index (χ3n) is 3.56. The number of carbonyl (C=O) groups is 2. The number of hydrogen-bond donors (Lipinski definition) is 2. The molecule has 1 aliphatic rings. The molecule has 1 aliphatic carbocycles. The molecule has 0 aromatic carbocycles. The Morgan fingerprint density at radius 3 is 2.95 bits per heavy atom. The highest BCUT2D eigenvalue weighted by molar-refractivity contribution is 7.12. The number of aromatic nitrogens is 4. The summed E-state index contributed by atoms with van der Waals surface area (Å²) in [5.74, 6) is -1.37. The van der Waals surface area contributed by atoms with E-state index < -0.39 is 5.97 Å². The van der Waals surface area contributed by atoms with Crippen molar-refractivity contribution in [3.8, 4) is 5.69 Å². The van der Waals surface area contributed by atoms with Gasteiger partial charge in [-0.2, -0.15) is 4.68 Å². The average Bonchev–Trinajstić information content (AvgIpc) is 3.19. The minimum absolute atomic E-state index is 0.0950. The van der Waals surface area contributed by atoms with Crippen molar-refractivity contribution in [2.45, 2.75) is 25.3 Å². The molecule has 0 spiro atoms. The summed E-state index contributed by atoms with van der Waals surface area (Å²) in [6, 6.07) is 1.67. The molecule has 2 heterocycles. The van der Waals surface area contributed by atoms with Crippen LogP contribution in [0.25, 0.3) is 5.69 Å². The first kappa shape index (κ1) is 13.7. The number of tetrazole rings is 1. The van der Waals surface area contributed by atoms with Crippen LogP contribution < -0.4 is 5.32 Å². The Kier molecular flexibility index (Phi) is 3.65. The van der Waals surface area contributed by atoms with Crippen molar-refractivity contribution in [3.63, 3.8) is 0 Å². The molecular formula is C12H13N5O3S. The third-order valence-corrected chi connectivity index (χ3v) is 4.47. The van der Waals surface area contributed by atoms with E-state index in [1.807, 2.05) is 0 Å². The molecule has 0 radical (unpaired) electrons. The first-order valence-electron chi connectivity index (χ1n) is 6.49. The van der Waals surface area contributed by atoms with Gasteiger partial charge in [-0.15, -0.1) is 16.4 Å². The molecule has 0 saturated heterocycles. The molecule has 8 nitrogen and oxygen atoms in total. The second kappa shape index (κ2) is 5.60. The fourth-order valence-electron chi connectivity index (χ4n) is 2.51. The van der Waals surface area contributed by atoms with Gasteiger partial charge in [0.2, 0.25) is 0 Å². The molecule has 3 rings (SSSR count). The smallest absolute Gasteiger partial charge is 0.306 e. The number of rotatable bonds is 4. The summed E-state index contributed by atoms with van der Waals surface area (Å²) in [5.41, 5.74) is 0.621. The highest BCUT2D eigenvalue weighted by atomic mass is 32.1. The summed E-state index contributed by atoms with van der Waals surface area (Å²) in [4.78, 5) is 23.8. The maximum Gasteiger partial charge on any atom is 0.306 e. The highest BCUT2D eigenvalue weighted by Crippen LogP contribution is 2.27. The molecule has 1 amide bonds. The van der Waals surface area contributed by atoms with Crippen molar-refractivity contribution in [2.75, 3.05) is 0 Å². The van der Waals surface area contributed by atoms with E-state index in [-0.39, 0.29) is 17.9 Å². The van der Waals surface area contributed by atoms with E-state index in [0.717, 1.165) is 0 Å². The molecule has 0 aliphatic heterocycles. The molecular weight excluding hydrogens is 294 g/mol. The number of nitrogens with zero attached hydrogens (tertiary/aromatic N) is 4. The van der Waals surface area contributed by atoms with Crippen LogP contribution in [0.4, 0.5) is 0 Å². The lowest BCUT2D eigenvalue weighted by Crippen LogP contribution is -2.33. The fraction of sp³-hybridized carbons (Fsp3) is 0.417. The van der Waals surface area contributed by atoms with Crippen molar-refractivity contribution in [3.05, 3.63) is 22.7 Å². The first-order chi connectivity index (χ1) is 10.1. The molecule has 2 aromatic rings. The van der Waals surface area contributed by atoms with Crippen molar-refractivity contribution in [1.29, 1.82) is 0 Å². The predicted molar refractivity (Wildman–Crippen MR) is 73.3 cm³/mol. The van der Waals surface area contributed by atoms with E-state index in [1.165, 1.54) is 22.3 Å². The van der Waals surface area contributed by atoms with Crippen molar-refractivity contribution < 1.29 is 14.7 Å². The number of carboxylic acids is 1. The van der Waals surface area contributed by atoms with Crippen LogP contribution in [-0.2, 0) is 4.79 Å². The Morgan fingerprint density at radius 2 is 2.29 bits per heavy atom. The Balaban J connectivity index is 1.70. The standard InChI is InChI=1S/C12H13N5O3S/c18-11(14-8-2-1-7(5-8)12(19)20)10-9(3-4-21-10)17-6-13-15-16-17/h3-4,6-8H,1-2,5H2,(H,14,18)(H,19,20). The largest absolute Gasteiger partial charge is 0.481 e. The van der Waals surface area contributed by atoms with Crippen LogP contribution in [-0.4, -0.2) is 43.2 Å². The molecule has 2 unspecified atom stereocenters. The Morgan fingerprint density at radius 1 is 1.43 bits per heavy atom. The van der Waals surface area contributed by atoms with Crippen LogP contribution in [0.5, 0.6) is 0 Å². The monoisotopic (exact) mass is 307 g/mol. The van der Waals surface area contributed by atoms with Gasteiger partial charge in [-0.25, -0.2) is 0 Å². The molecule has 1 saturated carbocycles. The normalized spacial score (nSPS) is 21.3. The second-order valence-electron chi connectivity index (χ2n) is 4.91. The number of thiophene rings is 1. The molecule has 1 fully saturated rings. The van der Waals surface area contributed by atoms with E-state index in [2.05, 4.69) is 20.8 Å². The zero-order chi connectivity index (χ0) is 14.8. The maximum atomic E-state index is 12.3. The van der Waals surface area contributed by atoms with Crippen LogP contribution in [0.3, 0.4) is 0 Å². The van der Waals surface area contributed by atoms with Gasteiger partial charge >= 0.3 is 5.97 Å². The molecule has 9 heteroatoms. The predicted octanol–water partition coefficient (Wildman–Crippen LogP) is 0.707. The van der Waals surface area contributed by atoms with Gasteiger partial charge in [0.15, 0.2) is 0 Å². The number of amides is 1. The zero-order valence-corrected chi connectivity index (χ0v) is 11.8. The van der Waals surface area contributed by atoms with Gasteiger partial charge in [-0.05, 0) is 41.1 Å². The zero-order valence-electron chi connectivity index (χ0n) is 11.0. The maximum absolute atomic E-state index is 12.3. The topological polar surface area (TPSA) is 110 Å². The molecule has 21 heavy (non-hydrogen) atoms. The SMILES string of the molecule is O=C(NC1CCC(C(=O)O)C1)c1sccc1-n1cnnn1. The van der Waals surface area contributed by atoms with E-state index in [1.54, 1.807) is 11.4 Å². The molecule has 2 atom stereocenters. The van der Waals surface area contributed by atoms with Crippen molar-refractivity contribution in [1.82, 2.24) is 25.5 Å². The van der Waals surface area contributed by atoms with E-state index in [0.29, 0.717) is 29.8 Å². The lowest BCUT2D eigenvalue weighted by atomic mass is 10.1. The molecule has 2 N–H and O–H groups in total. The van der Waals surface area contributed by atoms with Crippen LogP contribution in [0.2, 0.25) is 0 Å². The third kappa shape index (κ3) is 2.77. The number of nitrogens with one attached hydrogen (secondary N) is 1. The average molecular weight is 307 g/mol. The van der Waals surface area contributed by atoms with E-state index in [9.17, 15) is 9.59 Å². The second-order valence-corrected chi connectivity index (χ2v) is 5.82. The number of hydrogen-bond acceptors (Lipinski definition) is 6. The Labute approximate surface area is 123 Å². The summed E-state index contributed by atoms with van der Waals surface area (Å²) in [6.45, 7) is 0.